The number of pyridine rings is 2. The number of aryl methyl sites for hydroxylation is 2. The Kier molecular flexibility index (Phi) is 5.02. The zero-order valence-corrected chi connectivity index (χ0v) is 18.4. The van der Waals surface area contributed by atoms with Crippen LogP contribution in [-0.2, 0) is 18.3 Å². The molecule has 0 aliphatic heterocycles. The third-order valence-electron chi connectivity index (χ3n) is 6.16. The number of carbonyl (C=O) groups is 1. The maximum absolute atomic E-state index is 12.8. The SMILES string of the molecule is Cc1cccc(CC#N)c1-c1cc2cc(NC(=O)[C@@H]3C[C@H]3c3cnn(C)c3)ncc2c(N)n1. The number of hydrogen-bond donors (Lipinski definition) is 2. The first-order valence-corrected chi connectivity index (χ1v) is 10.8. The smallest absolute Gasteiger partial charge is 0.229 e. The Balaban J connectivity index is 1.44. The Morgan fingerprint density at radius 3 is 2.94 bits per heavy atom. The third-order valence-corrected chi connectivity index (χ3v) is 6.16. The summed E-state index contributed by atoms with van der Waals surface area (Å²) < 4.78 is 1.75. The first kappa shape index (κ1) is 20.6. The Bertz CT molecular complexity index is 1430. The highest BCUT2D eigenvalue weighted by Gasteiger charge is 2.44. The molecule has 2 atom stereocenters. The fourth-order valence-electron chi connectivity index (χ4n) is 4.40. The Hall–Kier alpha value is -4.25. The number of fused-ring (bicyclic) bond motifs is 1. The van der Waals surface area contributed by atoms with Crippen molar-refractivity contribution in [2.75, 3.05) is 11.1 Å². The van der Waals surface area contributed by atoms with E-state index >= 15 is 0 Å². The van der Waals surface area contributed by atoms with Crippen LogP contribution >= 0.6 is 0 Å². The van der Waals surface area contributed by atoms with E-state index in [1.165, 1.54) is 0 Å². The van der Waals surface area contributed by atoms with E-state index in [1.807, 2.05) is 56.7 Å². The van der Waals surface area contributed by atoms with Crippen LogP contribution in [0.4, 0.5) is 11.6 Å². The van der Waals surface area contributed by atoms with Crippen LogP contribution in [0.2, 0.25) is 0 Å². The molecule has 1 aromatic carbocycles. The average molecular weight is 438 g/mol. The fourth-order valence-corrected chi connectivity index (χ4v) is 4.40. The molecule has 0 unspecified atom stereocenters. The molecule has 1 saturated carbocycles. The van der Waals surface area contributed by atoms with Crippen molar-refractivity contribution in [3.8, 4) is 17.3 Å². The van der Waals surface area contributed by atoms with Crippen LogP contribution in [0.15, 0.2) is 48.9 Å². The number of nitrogens with zero attached hydrogens (tertiary/aromatic N) is 5. The van der Waals surface area contributed by atoms with Gasteiger partial charge in [-0.3, -0.25) is 9.48 Å². The van der Waals surface area contributed by atoms with Gasteiger partial charge >= 0.3 is 0 Å². The van der Waals surface area contributed by atoms with Gasteiger partial charge in [0.05, 0.1) is 24.4 Å². The van der Waals surface area contributed by atoms with Crippen molar-refractivity contribution in [3.05, 3.63) is 65.6 Å². The van der Waals surface area contributed by atoms with Crippen LogP contribution in [0, 0.1) is 24.2 Å². The van der Waals surface area contributed by atoms with Crippen LogP contribution in [0.25, 0.3) is 22.0 Å². The summed E-state index contributed by atoms with van der Waals surface area (Å²) >= 11 is 0. The Labute approximate surface area is 191 Å². The summed E-state index contributed by atoms with van der Waals surface area (Å²) in [7, 11) is 1.87. The van der Waals surface area contributed by atoms with Crippen molar-refractivity contribution in [2.45, 2.75) is 25.7 Å². The highest BCUT2D eigenvalue weighted by atomic mass is 16.2. The maximum Gasteiger partial charge on any atom is 0.229 e. The molecule has 164 valence electrons. The van der Waals surface area contributed by atoms with Crippen LogP contribution < -0.4 is 11.1 Å². The largest absolute Gasteiger partial charge is 0.383 e. The van der Waals surface area contributed by atoms with Gasteiger partial charge in [-0.15, -0.1) is 0 Å². The number of carbonyl (C=O) groups excluding carboxylic acids is 1. The predicted octanol–water partition coefficient (Wildman–Crippen LogP) is 3.73. The summed E-state index contributed by atoms with van der Waals surface area (Å²) in [4.78, 5) is 21.7. The fraction of sp³-hybridized carbons (Fsp3) is 0.240. The molecule has 8 heteroatoms. The standard InChI is InChI=1S/C25H23N7O/c1-14-4-3-5-15(6-7-26)23(14)21-8-16-9-22(28-12-20(16)24(27)30-21)31-25(33)19-10-18(19)17-11-29-32(2)13-17/h3-5,8-9,11-13,18-19H,6,10H2,1-2H3,(H2,27,30)(H,28,31,33)/t18-,19+/m0/s1. The van der Waals surface area contributed by atoms with Gasteiger partial charge in [0, 0.05) is 36.3 Å². The molecule has 0 spiro atoms. The van der Waals surface area contributed by atoms with Crippen molar-refractivity contribution < 1.29 is 4.79 Å². The van der Waals surface area contributed by atoms with E-state index in [-0.39, 0.29) is 24.2 Å². The number of nitrogen functional groups attached to an aromatic ring is 1. The van der Waals surface area contributed by atoms with Gasteiger partial charge in [-0.05, 0) is 53.5 Å². The molecule has 0 radical (unpaired) electrons. The van der Waals surface area contributed by atoms with Crippen LogP contribution in [0.5, 0.6) is 0 Å². The lowest BCUT2D eigenvalue weighted by Gasteiger charge is -2.13. The number of nitrogens with two attached hydrogens (primary N) is 1. The topological polar surface area (TPSA) is 123 Å². The molecule has 1 aliphatic rings. The zero-order chi connectivity index (χ0) is 23.1. The van der Waals surface area contributed by atoms with Gasteiger partial charge in [0.1, 0.15) is 11.6 Å². The van der Waals surface area contributed by atoms with Gasteiger partial charge in [0.25, 0.3) is 0 Å². The highest BCUT2D eigenvalue weighted by Crippen LogP contribution is 2.47. The van der Waals surface area contributed by atoms with Gasteiger partial charge in [-0.25, -0.2) is 9.97 Å². The summed E-state index contributed by atoms with van der Waals surface area (Å²) in [5, 5.41) is 17.9. The Morgan fingerprint density at radius 1 is 1.33 bits per heavy atom. The van der Waals surface area contributed by atoms with E-state index < -0.39 is 0 Å². The first-order valence-electron chi connectivity index (χ1n) is 10.8. The van der Waals surface area contributed by atoms with Gasteiger partial charge in [0.15, 0.2) is 0 Å². The van der Waals surface area contributed by atoms with Crippen LogP contribution in [0.3, 0.4) is 0 Å². The molecule has 3 N–H and O–H groups in total. The lowest BCUT2D eigenvalue weighted by atomic mass is 9.96. The second-order valence-corrected chi connectivity index (χ2v) is 8.51. The number of anilines is 2. The van der Waals surface area contributed by atoms with Crippen molar-refractivity contribution in [1.29, 1.82) is 5.26 Å². The number of nitrogens with one attached hydrogen (secondary N) is 1. The molecule has 0 bridgehead atoms. The molecule has 1 aliphatic carbocycles. The molecular formula is C25H23N7O. The number of hydrogen-bond acceptors (Lipinski definition) is 6. The minimum Gasteiger partial charge on any atom is -0.383 e. The van der Waals surface area contributed by atoms with E-state index in [1.54, 1.807) is 10.9 Å². The summed E-state index contributed by atoms with van der Waals surface area (Å²) in [5.41, 5.74) is 10.9. The van der Waals surface area contributed by atoms with Gasteiger partial charge in [-0.1, -0.05) is 18.2 Å². The van der Waals surface area contributed by atoms with Crippen molar-refractivity contribution in [2.24, 2.45) is 13.0 Å². The molecule has 5 rings (SSSR count). The monoisotopic (exact) mass is 437 g/mol. The van der Waals surface area contributed by atoms with Gasteiger partial charge in [0.2, 0.25) is 5.91 Å². The predicted molar refractivity (Wildman–Crippen MR) is 126 cm³/mol. The number of benzene rings is 1. The summed E-state index contributed by atoms with van der Waals surface area (Å²) in [6.45, 7) is 1.99. The highest BCUT2D eigenvalue weighted by molar-refractivity contribution is 5.99. The Morgan fingerprint density at radius 2 is 2.18 bits per heavy atom. The molecule has 3 aromatic heterocycles. The molecular weight excluding hydrogens is 414 g/mol. The lowest BCUT2D eigenvalue weighted by molar-refractivity contribution is -0.117. The number of rotatable bonds is 5. The summed E-state index contributed by atoms with van der Waals surface area (Å²) in [5.74, 6) is 0.907. The number of amides is 1. The second kappa shape index (κ2) is 8.02. The average Bonchev–Trinajstić information content (AvgIpc) is 3.47. The lowest BCUT2D eigenvalue weighted by Crippen LogP contribution is -2.15. The third kappa shape index (κ3) is 3.89. The minimum atomic E-state index is -0.0784. The minimum absolute atomic E-state index is 0.0480. The number of nitriles is 1. The number of aromatic nitrogens is 4. The van der Waals surface area contributed by atoms with Crippen LogP contribution in [0.1, 0.15) is 29.0 Å². The van der Waals surface area contributed by atoms with E-state index in [2.05, 4.69) is 26.5 Å². The maximum atomic E-state index is 12.8. The zero-order valence-electron chi connectivity index (χ0n) is 18.4. The molecule has 3 heterocycles. The van der Waals surface area contributed by atoms with E-state index in [0.717, 1.165) is 34.1 Å². The molecule has 1 amide bonds. The van der Waals surface area contributed by atoms with E-state index in [4.69, 9.17) is 5.73 Å². The van der Waals surface area contributed by atoms with E-state index in [0.29, 0.717) is 22.7 Å². The molecule has 4 aromatic rings. The molecule has 8 nitrogen and oxygen atoms in total. The first-order chi connectivity index (χ1) is 15.9. The van der Waals surface area contributed by atoms with Gasteiger partial charge in [-0.2, -0.15) is 10.4 Å². The van der Waals surface area contributed by atoms with Crippen molar-refractivity contribution in [3.63, 3.8) is 0 Å². The molecule has 1 fully saturated rings. The van der Waals surface area contributed by atoms with Crippen molar-refractivity contribution >= 4 is 28.3 Å². The summed E-state index contributed by atoms with van der Waals surface area (Å²) in [6, 6.07) is 11.8. The molecule has 0 saturated heterocycles. The van der Waals surface area contributed by atoms with E-state index in [9.17, 15) is 10.1 Å². The second-order valence-electron chi connectivity index (χ2n) is 8.51. The summed E-state index contributed by atoms with van der Waals surface area (Å²) in [6.07, 6.45) is 6.50. The van der Waals surface area contributed by atoms with Gasteiger partial charge < -0.3 is 11.1 Å². The van der Waals surface area contributed by atoms with Crippen LogP contribution in [-0.4, -0.2) is 25.7 Å². The normalized spacial score (nSPS) is 17.0. The molecule has 33 heavy (non-hydrogen) atoms. The quantitative estimate of drug-likeness (QED) is 0.490. The van der Waals surface area contributed by atoms with Crippen molar-refractivity contribution in [1.82, 2.24) is 19.7 Å².